The van der Waals surface area contributed by atoms with Gasteiger partial charge in [0.2, 0.25) is 0 Å². The molecular weight excluding hydrogens is 190 g/mol. The van der Waals surface area contributed by atoms with E-state index < -0.39 is 0 Å². The minimum atomic E-state index is 0.202. The Morgan fingerprint density at radius 2 is 2.13 bits per heavy atom. The van der Waals surface area contributed by atoms with Gasteiger partial charge in [0.05, 0.1) is 6.54 Å². The second-order valence-corrected chi connectivity index (χ2v) is 4.86. The maximum atomic E-state index is 11.5. The van der Waals surface area contributed by atoms with Crippen LogP contribution in [0.4, 0.5) is 0 Å². The summed E-state index contributed by atoms with van der Waals surface area (Å²) in [5.41, 5.74) is 0. The van der Waals surface area contributed by atoms with Crippen LogP contribution in [0.15, 0.2) is 0 Å². The highest BCUT2D eigenvalue weighted by molar-refractivity contribution is 5.81. The van der Waals surface area contributed by atoms with Gasteiger partial charge >= 0.3 is 0 Å². The number of ether oxygens (including phenoxy) is 1. The third-order valence-electron chi connectivity index (χ3n) is 2.74. The predicted molar refractivity (Wildman–Crippen MR) is 60.9 cm³/mol. The molecule has 88 valence electrons. The predicted octanol–water partition coefficient (Wildman–Crippen LogP) is 1.71. The van der Waals surface area contributed by atoms with Gasteiger partial charge in [-0.2, -0.15) is 0 Å². The molecule has 0 heterocycles. The molecular formula is C12H23NO2. The van der Waals surface area contributed by atoms with Crippen molar-refractivity contribution in [2.45, 2.75) is 39.2 Å². The molecule has 1 saturated carbocycles. The Labute approximate surface area is 92.8 Å². The van der Waals surface area contributed by atoms with E-state index in [2.05, 4.69) is 18.7 Å². The number of hydrogen-bond acceptors (Lipinski definition) is 3. The zero-order chi connectivity index (χ0) is 11.3. The second kappa shape index (κ2) is 6.23. The van der Waals surface area contributed by atoms with Gasteiger partial charge in [0, 0.05) is 13.2 Å². The van der Waals surface area contributed by atoms with Crippen LogP contribution < -0.4 is 0 Å². The molecule has 1 rings (SSSR count). The van der Waals surface area contributed by atoms with Crippen molar-refractivity contribution >= 4 is 5.78 Å². The van der Waals surface area contributed by atoms with Crippen LogP contribution in [0.2, 0.25) is 0 Å². The van der Waals surface area contributed by atoms with Gasteiger partial charge in [-0.15, -0.1) is 0 Å². The number of rotatable bonds is 8. The van der Waals surface area contributed by atoms with E-state index in [1.807, 2.05) is 0 Å². The molecule has 0 aromatic carbocycles. The summed E-state index contributed by atoms with van der Waals surface area (Å²) in [6.07, 6.45) is 3.70. The number of hydrogen-bond donors (Lipinski definition) is 0. The fourth-order valence-electron chi connectivity index (χ4n) is 1.69. The molecule has 3 nitrogen and oxygen atoms in total. The number of carbonyl (C=O) groups excluding carboxylic acids is 1. The standard InChI is InChI=1S/C12H23NO2/c1-10(2)6-7-13(11-4-5-11)8-12(14)9-15-3/h10-11H,4-9H2,1-3H3. The largest absolute Gasteiger partial charge is 0.377 e. The van der Waals surface area contributed by atoms with Crippen LogP contribution in [0, 0.1) is 5.92 Å². The van der Waals surface area contributed by atoms with Crippen molar-refractivity contribution in [3.8, 4) is 0 Å². The monoisotopic (exact) mass is 213 g/mol. The molecule has 0 spiro atoms. The van der Waals surface area contributed by atoms with Crippen LogP contribution >= 0.6 is 0 Å². The van der Waals surface area contributed by atoms with Gasteiger partial charge < -0.3 is 4.74 Å². The molecule has 1 aliphatic rings. The van der Waals surface area contributed by atoms with Gasteiger partial charge in [0.15, 0.2) is 5.78 Å². The van der Waals surface area contributed by atoms with Crippen LogP contribution in [-0.2, 0) is 9.53 Å². The molecule has 1 aliphatic carbocycles. The molecule has 0 bridgehead atoms. The first-order valence-electron chi connectivity index (χ1n) is 5.88. The molecule has 15 heavy (non-hydrogen) atoms. The Morgan fingerprint density at radius 1 is 1.47 bits per heavy atom. The molecule has 0 aliphatic heterocycles. The molecule has 0 saturated heterocycles. The zero-order valence-electron chi connectivity index (χ0n) is 10.2. The van der Waals surface area contributed by atoms with Crippen LogP contribution in [0.1, 0.15) is 33.1 Å². The summed E-state index contributed by atoms with van der Waals surface area (Å²) in [5.74, 6) is 0.914. The third-order valence-corrected chi connectivity index (χ3v) is 2.74. The summed E-state index contributed by atoms with van der Waals surface area (Å²) < 4.78 is 4.85. The van der Waals surface area contributed by atoms with Crippen molar-refractivity contribution < 1.29 is 9.53 Å². The smallest absolute Gasteiger partial charge is 0.172 e. The molecule has 0 unspecified atom stereocenters. The Morgan fingerprint density at radius 3 is 2.60 bits per heavy atom. The molecule has 1 fully saturated rings. The fourth-order valence-corrected chi connectivity index (χ4v) is 1.69. The number of ketones is 1. The van der Waals surface area contributed by atoms with E-state index in [1.54, 1.807) is 7.11 Å². The van der Waals surface area contributed by atoms with Crippen molar-refractivity contribution in [3.63, 3.8) is 0 Å². The van der Waals surface area contributed by atoms with Crippen molar-refractivity contribution in [2.75, 3.05) is 26.8 Å². The summed E-state index contributed by atoms with van der Waals surface area (Å²) in [6.45, 7) is 6.33. The molecule has 3 heteroatoms. The SMILES string of the molecule is COCC(=O)CN(CCC(C)C)C1CC1. The van der Waals surface area contributed by atoms with Gasteiger partial charge in [-0.25, -0.2) is 0 Å². The van der Waals surface area contributed by atoms with E-state index in [0.29, 0.717) is 18.5 Å². The number of Topliss-reactive ketones (excluding diaryl/α,β-unsaturated/α-hetero) is 1. The van der Waals surface area contributed by atoms with Gasteiger partial charge in [0.1, 0.15) is 6.61 Å². The second-order valence-electron chi connectivity index (χ2n) is 4.86. The Kier molecular flexibility index (Phi) is 5.26. The highest BCUT2D eigenvalue weighted by Gasteiger charge is 2.29. The molecule has 0 radical (unpaired) electrons. The number of methoxy groups -OCH3 is 1. The number of carbonyl (C=O) groups is 1. The minimum absolute atomic E-state index is 0.202. The van der Waals surface area contributed by atoms with Crippen molar-refractivity contribution in [1.29, 1.82) is 0 Å². The lowest BCUT2D eigenvalue weighted by atomic mass is 10.1. The quantitative estimate of drug-likeness (QED) is 0.615. The third kappa shape index (κ3) is 5.28. The molecule has 0 amide bonds. The Balaban J connectivity index is 2.27. The van der Waals surface area contributed by atoms with Gasteiger partial charge in [-0.05, 0) is 31.7 Å². The average molecular weight is 213 g/mol. The van der Waals surface area contributed by atoms with E-state index in [4.69, 9.17) is 4.74 Å². The van der Waals surface area contributed by atoms with E-state index in [-0.39, 0.29) is 12.4 Å². The molecule has 0 atom stereocenters. The van der Waals surface area contributed by atoms with Gasteiger partial charge in [0.25, 0.3) is 0 Å². The highest BCUT2D eigenvalue weighted by atomic mass is 16.5. The first-order chi connectivity index (χ1) is 7.13. The minimum Gasteiger partial charge on any atom is -0.377 e. The topological polar surface area (TPSA) is 29.5 Å². The fraction of sp³-hybridized carbons (Fsp3) is 0.917. The van der Waals surface area contributed by atoms with Crippen molar-refractivity contribution in [1.82, 2.24) is 4.90 Å². The van der Waals surface area contributed by atoms with E-state index >= 15 is 0 Å². The summed E-state index contributed by atoms with van der Waals surface area (Å²) in [4.78, 5) is 13.8. The van der Waals surface area contributed by atoms with E-state index in [9.17, 15) is 4.79 Å². The van der Waals surface area contributed by atoms with E-state index in [1.165, 1.54) is 19.3 Å². The lowest BCUT2D eigenvalue weighted by Crippen LogP contribution is -2.34. The lowest BCUT2D eigenvalue weighted by molar-refractivity contribution is -0.124. The van der Waals surface area contributed by atoms with E-state index in [0.717, 1.165) is 6.54 Å². The number of nitrogens with zero attached hydrogens (tertiary/aromatic N) is 1. The summed E-state index contributed by atoms with van der Waals surface area (Å²) in [5, 5.41) is 0. The Hall–Kier alpha value is -0.410. The first-order valence-corrected chi connectivity index (χ1v) is 5.88. The molecule has 0 N–H and O–H groups in total. The maximum Gasteiger partial charge on any atom is 0.172 e. The van der Waals surface area contributed by atoms with Crippen molar-refractivity contribution in [2.24, 2.45) is 5.92 Å². The summed E-state index contributed by atoms with van der Waals surface area (Å²) >= 11 is 0. The van der Waals surface area contributed by atoms with Gasteiger partial charge in [-0.1, -0.05) is 13.8 Å². The normalized spacial score (nSPS) is 16.3. The Bertz CT molecular complexity index is 200. The van der Waals surface area contributed by atoms with Crippen molar-refractivity contribution in [3.05, 3.63) is 0 Å². The van der Waals surface area contributed by atoms with Gasteiger partial charge in [-0.3, -0.25) is 9.69 Å². The summed E-state index contributed by atoms with van der Waals surface area (Å²) in [6, 6.07) is 0.671. The maximum absolute atomic E-state index is 11.5. The lowest BCUT2D eigenvalue weighted by Gasteiger charge is -2.21. The molecule has 0 aromatic rings. The molecule has 0 aromatic heterocycles. The zero-order valence-corrected chi connectivity index (χ0v) is 10.2. The summed E-state index contributed by atoms with van der Waals surface area (Å²) in [7, 11) is 1.58. The van der Waals surface area contributed by atoms with Crippen LogP contribution in [0.25, 0.3) is 0 Å². The highest BCUT2D eigenvalue weighted by Crippen LogP contribution is 2.27. The van der Waals surface area contributed by atoms with Crippen LogP contribution in [-0.4, -0.2) is 43.5 Å². The van der Waals surface area contributed by atoms with Crippen LogP contribution in [0.5, 0.6) is 0 Å². The van der Waals surface area contributed by atoms with Crippen LogP contribution in [0.3, 0.4) is 0 Å². The first kappa shape index (κ1) is 12.7. The average Bonchev–Trinajstić information content (AvgIpc) is 2.95.